The van der Waals surface area contributed by atoms with E-state index in [-0.39, 0.29) is 5.91 Å². The number of amides is 1. The lowest BCUT2D eigenvalue weighted by Crippen LogP contribution is -2.30. The number of ether oxygens (including phenoxy) is 1. The summed E-state index contributed by atoms with van der Waals surface area (Å²) in [4.78, 5) is 16.4. The minimum absolute atomic E-state index is 0.171. The first-order valence-electron chi connectivity index (χ1n) is 9.04. The summed E-state index contributed by atoms with van der Waals surface area (Å²) < 4.78 is 5.77. The molecule has 0 radical (unpaired) electrons. The summed E-state index contributed by atoms with van der Waals surface area (Å²) in [5.41, 5.74) is 5.49. The fourth-order valence-corrected chi connectivity index (χ4v) is 2.73. The lowest BCUT2D eigenvalue weighted by atomic mass is 10.1. The van der Waals surface area contributed by atoms with E-state index in [9.17, 15) is 4.79 Å². The van der Waals surface area contributed by atoms with Crippen molar-refractivity contribution in [2.24, 2.45) is 0 Å². The Morgan fingerprint density at radius 2 is 1.63 bits per heavy atom. The van der Waals surface area contributed by atoms with Crippen LogP contribution in [0.5, 0.6) is 5.75 Å². The highest BCUT2D eigenvalue weighted by molar-refractivity contribution is 5.94. The summed E-state index contributed by atoms with van der Waals surface area (Å²) in [5.74, 6) is 0.531. The van der Waals surface area contributed by atoms with Crippen LogP contribution in [0.1, 0.15) is 29.2 Å². The molecule has 138 valence electrons. The molecular weight excluding hydrogens is 336 g/mol. The maximum Gasteiger partial charge on any atom is 0.265 e. The number of pyridine rings is 1. The van der Waals surface area contributed by atoms with Crippen LogP contribution in [-0.4, -0.2) is 17.0 Å². The van der Waals surface area contributed by atoms with Crippen LogP contribution < -0.4 is 10.1 Å². The quantitative estimate of drug-likeness (QED) is 0.693. The molecule has 4 nitrogen and oxygen atoms in total. The SMILES string of the molecule is Cc1ccc(OC(C)C(=O)Nc2ccc(Cc3ccncc3)cc2)cc1C. The zero-order valence-electron chi connectivity index (χ0n) is 15.9. The summed E-state index contributed by atoms with van der Waals surface area (Å²) >= 11 is 0. The molecule has 0 bridgehead atoms. The van der Waals surface area contributed by atoms with E-state index in [0.717, 1.165) is 17.7 Å². The number of aryl methyl sites for hydroxylation is 2. The van der Waals surface area contributed by atoms with E-state index in [1.807, 2.05) is 68.4 Å². The van der Waals surface area contributed by atoms with Gasteiger partial charge in [-0.2, -0.15) is 0 Å². The van der Waals surface area contributed by atoms with Crippen LogP contribution in [0.3, 0.4) is 0 Å². The molecule has 3 rings (SSSR count). The molecule has 4 heteroatoms. The van der Waals surface area contributed by atoms with Crippen LogP contribution in [0.25, 0.3) is 0 Å². The van der Waals surface area contributed by atoms with Crippen LogP contribution in [0, 0.1) is 13.8 Å². The molecule has 27 heavy (non-hydrogen) atoms. The van der Waals surface area contributed by atoms with Gasteiger partial charge in [-0.1, -0.05) is 18.2 Å². The normalized spacial score (nSPS) is 11.7. The minimum atomic E-state index is -0.580. The van der Waals surface area contributed by atoms with Crippen molar-refractivity contribution in [1.82, 2.24) is 4.98 Å². The summed E-state index contributed by atoms with van der Waals surface area (Å²) in [6.07, 6.45) is 3.84. The smallest absolute Gasteiger partial charge is 0.265 e. The van der Waals surface area contributed by atoms with Crippen LogP contribution in [0.4, 0.5) is 5.69 Å². The topological polar surface area (TPSA) is 51.2 Å². The van der Waals surface area contributed by atoms with Crippen molar-refractivity contribution < 1.29 is 9.53 Å². The molecule has 1 unspecified atom stereocenters. The van der Waals surface area contributed by atoms with Crippen molar-refractivity contribution in [3.63, 3.8) is 0 Å². The predicted octanol–water partition coefficient (Wildman–Crippen LogP) is 4.70. The standard InChI is InChI=1S/C23H24N2O2/c1-16-4-9-22(14-17(16)2)27-18(3)23(26)25-21-7-5-19(6-8-21)15-20-10-12-24-13-11-20/h4-14,18H,15H2,1-3H3,(H,25,26). The van der Waals surface area contributed by atoms with Gasteiger partial charge in [0.2, 0.25) is 0 Å². The molecule has 1 aromatic heterocycles. The van der Waals surface area contributed by atoms with Gasteiger partial charge in [-0.3, -0.25) is 9.78 Å². The molecule has 3 aromatic rings. The predicted molar refractivity (Wildman–Crippen MR) is 108 cm³/mol. The molecule has 1 heterocycles. The fourth-order valence-electron chi connectivity index (χ4n) is 2.73. The first-order valence-corrected chi connectivity index (χ1v) is 9.04. The number of nitrogens with zero attached hydrogens (tertiary/aromatic N) is 1. The Bertz CT molecular complexity index is 905. The summed E-state index contributed by atoms with van der Waals surface area (Å²) in [6, 6.07) is 17.7. The molecule has 0 aliphatic heterocycles. The maximum absolute atomic E-state index is 12.4. The number of nitrogens with one attached hydrogen (secondary N) is 1. The van der Waals surface area contributed by atoms with Gasteiger partial charge in [-0.25, -0.2) is 0 Å². The summed E-state index contributed by atoms with van der Waals surface area (Å²) in [6.45, 7) is 5.83. The number of hydrogen-bond acceptors (Lipinski definition) is 3. The number of hydrogen-bond donors (Lipinski definition) is 1. The first-order chi connectivity index (χ1) is 13.0. The lowest BCUT2D eigenvalue weighted by molar-refractivity contribution is -0.122. The first kappa shape index (κ1) is 18.6. The molecule has 1 N–H and O–H groups in total. The van der Waals surface area contributed by atoms with Crippen molar-refractivity contribution in [1.29, 1.82) is 0 Å². The largest absolute Gasteiger partial charge is 0.481 e. The van der Waals surface area contributed by atoms with Gasteiger partial charge in [0.15, 0.2) is 6.10 Å². The van der Waals surface area contributed by atoms with Gasteiger partial charge in [0, 0.05) is 18.1 Å². The number of carbonyl (C=O) groups is 1. The third-order valence-electron chi connectivity index (χ3n) is 4.54. The molecule has 0 saturated carbocycles. The number of benzene rings is 2. The number of carbonyl (C=O) groups excluding carboxylic acids is 1. The molecular formula is C23H24N2O2. The fraction of sp³-hybridized carbons (Fsp3) is 0.217. The summed E-state index contributed by atoms with van der Waals surface area (Å²) in [7, 11) is 0. The van der Waals surface area contributed by atoms with E-state index < -0.39 is 6.10 Å². The zero-order valence-corrected chi connectivity index (χ0v) is 15.9. The monoisotopic (exact) mass is 360 g/mol. The number of rotatable bonds is 6. The second-order valence-electron chi connectivity index (χ2n) is 6.72. The third kappa shape index (κ3) is 5.17. The number of anilines is 1. The van der Waals surface area contributed by atoms with E-state index in [1.54, 1.807) is 19.3 Å². The van der Waals surface area contributed by atoms with E-state index in [0.29, 0.717) is 5.75 Å². The lowest BCUT2D eigenvalue weighted by Gasteiger charge is -2.16. The Kier molecular flexibility index (Phi) is 5.87. The van der Waals surface area contributed by atoms with Gasteiger partial charge in [0.1, 0.15) is 5.75 Å². The second kappa shape index (κ2) is 8.49. The third-order valence-corrected chi connectivity index (χ3v) is 4.54. The van der Waals surface area contributed by atoms with E-state index in [1.165, 1.54) is 16.7 Å². The average Bonchev–Trinajstić information content (AvgIpc) is 2.67. The van der Waals surface area contributed by atoms with Gasteiger partial charge in [-0.05, 0) is 85.8 Å². The van der Waals surface area contributed by atoms with Gasteiger partial charge in [-0.15, -0.1) is 0 Å². The van der Waals surface area contributed by atoms with Gasteiger partial charge in [0.05, 0.1) is 0 Å². The molecule has 0 fully saturated rings. The molecule has 0 aliphatic rings. The van der Waals surface area contributed by atoms with Gasteiger partial charge >= 0.3 is 0 Å². The number of aromatic nitrogens is 1. The van der Waals surface area contributed by atoms with Crippen LogP contribution in [0.15, 0.2) is 67.0 Å². The molecule has 1 atom stereocenters. The van der Waals surface area contributed by atoms with Crippen LogP contribution in [0.2, 0.25) is 0 Å². The van der Waals surface area contributed by atoms with Gasteiger partial charge in [0.25, 0.3) is 5.91 Å². The van der Waals surface area contributed by atoms with Crippen molar-refractivity contribution in [3.05, 3.63) is 89.2 Å². The highest BCUT2D eigenvalue weighted by Crippen LogP contribution is 2.19. The highest BCUT2D eigenvalue weighted by Gasteiger charge is 2.15. The Hall–Kier alpha value is -3.14. The maximum atomic E-state index is 12.4. The Morgan fingerprint density at radius 3 is 2.30 bits per heavy atom. The van der Waals surface area contributed by atoms with Crippen LogP contribution in [-0.2, 0) is 11.2 Å². The van der Waals surface area contributed by atoms with Crippen molar-refractivity contribution in [2.75, 3.05) is 5.32 Å². The molecule has 0 spiro atoms. The highest BCUT2D eigenvalue weighted by atomic mass is 16.5. The second-order valence-corrected chi connectivity index (χ2v) is 6.72. The van der Waals surface area contributed by atoms with Crippen molar-refractivity contribution >= 4 is 11.6 Å². The van der Waals surface area contributed by atoms with Crippen LogP contribution >= 0.6 is 0 Å². The van der Waals surface area contributed by atoms with Gasteiger partial charge < -0.3 is 10.1 Å². The Morgan fingerprint density at radius 1 is 0.963 bits per heavy atom. The molecule has 0 saturated heterocycles. The van der Waals surface area contributed by atoms with E-state index in [2.05, 4.69) is 10.3 Å². The molecule has 1 amide bonds. The molecule has 2 aromatic carbocycles. The minimum Gasteiger partial charge on any atom is -0.481 e. The van der Waals surface area contributed by atoms with Crippen molar-refractivity contribution in [3.8, 4) is 5.75 Å². The zero-order chi connectivity index (χ0) is 19.2. The summed E-state index contributed by atoms with van der Waals surface area (Å²) in [5, 5.41) is 2.91. The van der Waals surface area contributed by atoms with Crippen molar-refractivity contribution in [2.45, 2.75) is 33.3 Å². The Balaban J connectivity index is 1.57. The average molecular weight is 360 g/mol. The van der Waals surface area contributed by atoms with E-state index >= 15 is 0 Å². The van der Waals surface area contributed by atoms with E-state index in [4.69, 9.17) is 4.74 Å². The molecule has 0 aliphatic carbocycles. The Labute approximate surface area is 160 Å².